The fraction of sp³-hybridized carbons (Fsp3) is 0.286. The highest BCUT2D eigenvalue weighted by Gasteiger charge is 2.12. The van der Waals surface area contributed by atoms with Crippen molar-refractivity contribution < 1.29 is 0 Å². The molecule has 1 aromatic heterocycles. The van der Waals surface area contributed by atoms with Gasteiger partial charge in [0.1, 0.15) is 0 Å². The summed E-state index contributed by atoms with van der Waals surface area (Å²) in [5, 5.41) is 8.10. The van der Waals surface area contributed by atoms with Gasteiger partial charge in [-0.05, 0) is 43.7 Å². The Morgan fingerprint density at radius 2 is 1.89 bits per heavy atom. The summed E-state index contributed by atoms with van der Waals surface area (Å²) >= 11 is 0. The molecule has 0 bridgehead atoms. The monoisotopic (exact) mass is 242 g/mol. The van der Waals surface area contributed by atoms with Gasteiger partial charge in [0.05, 0.1) is 0 Å². The zero-order valence-electron chi connectivity index (χ0n) is 10.7. The standard InChI is InChI=1S/C14H18N4/c1-11(2)18(14-4-3-9-16-17-14)10-12-5-7-13(15)8-6-12/h3-9,11H,10,15H2,1-2H3. The van der Waals surface area contributed by atoms with Gasteiger partial charge in [-0.15, -0.1) is 5.10 Å². The van der Waals surface area contributed by atoms with E-state index >= 15 is 0 Å². The van der Waals surface area contributed by atoms with E-state index in [4.69, 9.17) is 5.73 Å². The van der Waals surface area contributed by atoms with Crippen LogP contribution in [-0.4, -0.2) is 16.2 Å². The molecule has 94 valence electrons. The quantitative estimate of drug-likeness (QED) is 0.837. The highest BCUT2D eigenvalue weighted by Crippen LogP contribution is 2.17. The van der Waals surface area contributed by atoms with Crippen molar-refractivity contribution in [1.82, 2.24) is 10.2 Å². The molecule has 4 nitrogen and oxygen atoms in total. The molecule has 4 heteroatoms. The number of aromatic nitrogens is 2. The average molecular weight is 242 g/mol. The van der Waals surface area contributed by atoms with E-state index in [9.17, 15) is 0 Å². The maximum Gasteiger partial charge on any atom is 0.151 e. The fourth-order valence-corrected chi connectivity index (χ4v) is 1.79. The SMILES string of the molecule is CC(C)N(Cc1ccc(N)cc1)c1cccnn1. The summed E-state index contributed by atoms with van der Waals surface area (Å²) in [4.78, 5) is 2.21. The lowest BCUT2D eigenvalue weighted by Crippen LogP contribution is -2.31. The third-order valence-electron chi connectivity index (χ3n) is 2.81. The van der Waals surface area contributed by atoms with Gasteiger partial charge >= 0.3 is 0 Å². The van der Waals surface area contributed by atoms with Gasteiger partial charge < -0.3 is 10.6 Å². The van der Waals surface area contributed by atoms with Crippen LogP contribution >= 0.6 is 0 Å². The van der Waals surface area contributed by atoms with Crippen LogP contribution in [0.25, 0.3) is 0 Å². The van der Waals surface area contributed by atoms with Crippen LogP contribution in [0.2, 0.25) is 0 Å². The second-order valence-corrected chi connectivity index (χ2v) is 4.55. The van der Waals surface area contributed by atoms with Crippen LogP contribution in [0.5, 0.6) is 0 Å². The normalized spacial score (nSPS) is 10.6. The third-order valence-corrected chi connectivity index (χ3v) is 2.81. The predicted octanol–water partition coefficient (Wildman–Crippen LogP) is 2.47. The minimum Gasteiger partial charge on any atom is -0.399 e. The number of nitrogens with zero attached hydrogens (tertiary/aromatic N) is 3. The van der Waals surface area contributed by atoms with Crippen molar-refractivity contribution in [2.45, 2.75) is 26.4 Å². The Bertz CT molecular complexity index is 479. The predicted molar refractivity (Wildman–Crippen MR) is 74.2 cm³/mol. The van der Waals surface area contributed by atoms with Gasteiger partial charge in [0.15, 0.2) is 5.82 Å². The molecule has 0 saturated heterocycles. The lowest BCUT2D eigenvalue weighted by molar-refractivity contribution is 0.666. The van der Waals surface area contributed by atoms with Crippen molar-refractivity contribution in [2.75, 3.05) is 10.6 Å². The van der Waals surface area contributed by atoms with Gasteiger partial charge in [0.2, 0.25) is 0 Å². The lowest BCUT2D eigenvalue weighted by Gasteiger charge is -2.27. The Hall–Kier alpha value is -2.10. The molecule has 1 aromatic carbocycles. The van der Waals surface area contributed by atoms with Crippen LogP contribution in [-0.2, 0) is 6.54 Å². The summed E-state index contributed by atoms with van der Waals surface area (Å²) in [6.45, 7) is 5.09. The highest BCUT2D eigenvalue weighted by atomic mass is 15.3. The largest absolute Gasteiger partial charge is 0.399 e. The summed E-state index contributed by atoms with van der Waals surface area (Å²) in [6.07, 6.45) is 1.69. The summed E-state index contributed by atoms with van der Waals surface area (Å²) < 4.78 is 0. The first-order valence-corrected chi connectivity index (χ1v) is 6.05. The number of benzene rings is 1. The Morgan fingerprint density at radius 1 is 1.17 bits per heavy atom. The maximum absolute atomic E-state index is 5.69. The van der Waals surface area contributed by atoms with Gasteiger partial charge in [0.25, 0.3) is 0 Å². The molecule has 2 rings (SSSR count). The van der Waals surface area contributed by atoms with E-state index < -0.39 is 0 Å². The van der Waals surface area contributed by atoms with E-state index in [-0.39, 0.29) is 0 Å². The van der Waals surface area contributed by atoms with Crippen LogP contribution in [0, 0.1) is 0 Å². The highest BCUT2D eigenvalue weighted by molar-refractivity contribution is 5.43. The molecule has 0 amide bonds. The number of hydrogen-bond acceptors (Lipinski definition) is 4. The number of hydrogen-bond donors (Lipinski definition) is 1. The van der Waals surface area contributed by atoms with Crippen LogP contribution < -0.4 is 10.6 Å². The van der Waals surface area contributed by atoms with E-state index in [0.29, 0.717) is 6.04 Å². The molecular formula is C14H18N4. The molecule has 0 atom stereocenters. The second kappa shape index (κ2) is 5.49. The van der Waals surface area contributed by atoms with Crippen molar-refractivity contribution in [3.63, 3.8) is 0 Å². The summed E-state index contributed by atoms with van der Waals surface area (Å²) in [7, 11) is 0. The van der Waals surface area contributed by atoms with Crippen molar-refractivity contribution >= 4 is 11.5 Å². The van der Waals surface area contributed by atoms with Crippen LogP contribution in [0.3, 0.4) is 0 Å². The molecule has 0 spiro atoms. The summed E-state index contributed by atoms with van der Waals surface area (Å²) in [5.41, 5.74) is 7.69. The third kappa shape index (κ3) is 2.97. The molecule has 0 fully saturated rings. The molecule has 0 aliphatic rings. The molecule has 18 heavy (non-hydrogen) atoms. The molecule has 2 N–H and O–H groups in total. The van der Waals surface area contributed by atoms with Gasteiger partial charge in [-0.1, -0.05) is 12.1 Å². The van der Waals surface area contributed by atoms with Crippen LogP contribution in [0.4, 0.5) is 11.5 Å². The van der Waals surface area contributed by atoms with Gasteiger partial charge in [-0.2, -0.15) is 5.10 Å². The molecule has 0 aliphatic heterocycles. The van der Waals surface area contributed by atoms with Crippen molar-refractivity contribution in [1.29, 1.82) is 0 Å². The van der Waals surface area contributed by atoms with Gasteiger partial charge in [0, 0.05) is 24.5 Å². The first kappa shape index (κ1) is 12.4. The lowest BCUT2D eigenvalue weighted by atomic mass is 10.1. The van der Waals surface area contributed by atoms with E-state index in [1.54, 1.807) is 6.20 Å². The maximum atomic E-state index is 5.69. The Labute approximate surface area is 107 Å². The van der Waals surface area contributed by atoms with Crippen LogP contribution in [0.15, 0.2) is 42.6 Å². The van der Waals surface area contributed by atoms with Crippen LogP contribution in [0.1, 0.15) is 19.4 Å². The molecular weight excluding hydrogens is 224 g/mol. The zero-order valence-corrected chi connectivity index (χ0v) is 10.7. The minimum absolute atomic E-state index is 0.360. The van der Waals surface area contributed by atoms with Crippen molar-refractivity contribution in [3.05, 3.63) is 48.2 Å². The van der Waals surface area contributed by atoms with Gasteiger partial charge in [-0.3, -0.25) is 0 Å². The Kier molecular flexibility index (Phi) is 3.77. The second-order valence-electron chi connectivity index (χ2n) is 4.55. The number of anilines is 2. The molecule has 1 heterocycles. The van der Waals surface area contributed by atoms with Gasteiger partial charge in [-0.25, -0.2) is 0 Å². The van der Waals surface area contributed by atoms with E-state index in [1.165, 1.54) is 5.56 Å². The fourth-order valence-electron chi connectivity index (χ4n) is 1.79. The summed E-state index contributed by atoms with van der Waals surface area (Å²) in [5.74, 6) is 0.893. The van der Waals surface area contributed by atoms with Crippen molar-refractivity contribution in [3.8, 4) is 0 Å². The number of rotatable bonds is 4. The molecule has 0 unspecified atom stereocenters. The molecule has 0 saturated carbocycles. The number of nitrogen functional groups attached to an aromatic ring is 1. The van der Waals surface area contributed by atoms with Crippen molar-refractivity contribution in [2.24, 2.45) is 0 Å². The Morgan fingerprint density at radius 3 is 2.44 bits per heavy atom. The first-order valence-electron chi connectivity index (χ1n) is 6.05. The molecule has 2 aromatic rings. The minimum atomic E-state index is 0.360. The molecule has 0 aliphatic carbocycles. The molecule has 0 radical (unpaired) electrons. The average Bonchev–Trinajstić information content (AvgIpc) is 2.38. The van der Waals surface area contributed by atoms with E-state index in [2.05, 4.69) is 28.9 Å². The first-order chi connectivity index (χ1) is 8.66. The summed E-state index contributed by atoms with van der Waals surface area (Å²) in [6, 6.07) is 12.2. The number of nitrogens with two attached hydrogens (primary N) is 1. The zero-order chi connectivity index (χ0) is 13.0. The van der Waals surface area contributed by atoms with E-state index in [1.807, 2.05) is 36.4 Å². The Balaban J connectivity index is 2.19. The topological polar surface area (TPSA) is 55.0 Å². The van der Waals surface area contributed by atoms with E-state index in [0.717, 1.165) is 18.1 Å². The smallest absolute Gasteiger partial charge is 0.151 e.